The molecule has 0 unspecified atom stereocenters. The third kappa shape index (κ3) is 5.94. The summed E-state index contributed by atoms with van der Waals surface area (Å²) in [6, 6.07) is 7.08. The molecule has 5 aromatic carbocycles. The molecule has 5 aromatic rings. The van der Waals surface area contributed by atoms with Gasteiger partial charge in [-0.2, -0.15) is 61.5 Å². The average molecular weight is 921 g/mol. The minimum atomic E-state index is -6.76. The quantitative estimate of drug-likeness (QED) is 0.0668. The van der Waals surface area contributed by atoms with E-state index in [-0.39, 0.29) is 64.3 Å². The molecule has 22 heteroatoms. The van der Waals surface area contributed by atoms with Gasteiger partial charge in [-0.3, -0.25) is 29.0 Å². The summed E-state index contributed by atoms with van der Waals surface area (Å²) in [5.74, 6) is -31.7. The summed E-state index contributed by atoms with van der Waals surface area (Å²) in [5, 5.41) is 0.768. The fraction of sp³-hybridized carbons (Fsp3) is 0.429. The van der Waals surface area contributed by atoms with Crippen molar-refractivity contribution < 1.29 is 80.6 Å². The molecule has 8 nitrogen and oxygen atoms in total. The van der Waals surface area contributed by atoms with Crippen LogP contribution in [0, 0.1) is 0 Å². The molecule has 4 aliphatic rings. The van der Waals surface area contributed by atoms with Gasteiger partial charge in [-0.25, -0.2) is 0 Å². The number of benzene rings is 5. The van der Waals surface area contributed by atoms with Crippen LogP contribution in [0.4, 0.5) is 72.8 Å². The van der Waals surface area contributed by atoms with Gasteiger partial charge in [0.2, 0.25) is 0 Å². The molecule has 0 bridgehead atoms. The summed E-state index contributed by atoms with van der Waals surface area (Å²) in [6.07, 6.45) is -9.76. The number of piperidine rings is 2. The first-order chi connectivity index (χ1) is 29.7. The monoisotopic (exact) mass is 920 g/mol. The minimum Gasteiger partial charge on any atom is -0.371 e. The van der Waals surface area contributed by atoms with E-state index in [9.17, 15) is 80.6 Å². The molecule has 0 N–H and O–H groups in total. The number of anilines is 2. The van der Waals surface area contributed by atoms with Crippen molar-refractivity contribution >= 4 is 78.1 Å². The summed E-state index contributed by atoms with van der Waals surface area (Å²) >= 11 is 0. The maximum atomic E-state index is 14.9. The summed E-state index contributed by atoms with van der Waals surface area (Å²) < 4.78 is 196. The molecular formula is C42H30F14N4O4. The highest BCUT2D eigenvalue weighted by molar-refractivity contribution is 6.44. The third-order valence-electron chi connectivity index (χ3n) is 12.7. The largest absolute Gasteiger partial charge is 0.459 e. The number of amides is 4. The number of hydrogen-bond donors (Lipinski definition) is 0. The Kier molecular flexibility index (Phi) is 9.46. The number of halogens is 14. The molecule has 64 heavy (non-hydrogen) atoms. The maximum absolute atomic E-state index is 14.9. The number of fused-ring (bicyclic) bond motifs is 2. The van der Waals surface area contributed by atoms with E-state index in [1.807, 2.05) is 0 Å². The SMILES string of the molecule is O=C1c2ccc3c4c(N5CCCCC5)cc5c6c(ccc(c7c(N8CCCCC8)cc(c2c37)C(=O)N1CC(F)(F)C(F)(F)C(F)(F)F)c64)C(=O)N(CC(F)(F)C(F)(F)C(F)(F)F)C5=O. The van der Waals surface area contributed by atoms with Crippen molar-refractivity contribution in [3.63, 3.8) is 0 Å². The van der Waals surface area contributed by atoms with Crippen LogP contribution < -0.4 is 9.80 Å². The second kappa shape index (κ2) is 13.9. The van der Waals surface area contributed by atoms with Gasteiger partial charge >= 0.3 is 36.0 Å². The highest BCUT2D eigenvalue weighted by Gasteiger charge is 2.74. The van der Waals surface area contributed by atoms with Crippen molar-refractivity contribution in [2.75, 3.05) is 49.1 Å². The Morgan fingerprint density at radius 2 is 0.703 bits per heavy atom. The lowest BCUT2D eigenvalue weighted by Crippen LogP contribution is -2.59. The Bertz CT molecular complexity index is 2650. The molecule has 4 aliphatic heterocycles. The molecule has 0 aromatic heterocycles. The average Bonchev–Trinajstić information content (AvgIpc) is 3.23. The first-order valence-corrected chi connectivity index (χ1v) is 19.9. The Labute approximate surface area is 350 Å². The fourth-order valence-electron chi connectivity index (χ4n) is 9.59. The molecule has 340 valence electrons. The van der Waals surface area contributed by atoms with Gasteiger partial charge in [-0.05, 0) is 73.6 Å². The Hall–Kier alpha value is -5.70. The van der Waals surface area contributed by atoms with Gasteiger partial charge in [0.15, 0.2) is 0 Å². The van der Waals surface area contributed by atoms with E-state index in [2.05, 4.69) is 0 Å². The number of hydrogen-bond acceptors (Lipinski definition) is 6. The molecule has 0 atom stereocenters. The van der Waals surface area contributed by atoms with E-state index in [1.54, 1.807) is 9.80 Å². The lowest BCUT2D eigenvalue weighted by atomic mass is 9.80. The minimum absolute atomic E-state index is 0.127. The van der Waals surface area contributed by atoms with Gasteiger partial charge in [0.25, 0.3) is 23.6 Å². The predicted molar refractivity (Wildman–Crippen MR) is 202 cm³/mol. The molecule has 0 aliphatic carbocycles. The molecular weight excluding hydrogens is 890 g/mol. The molecule has 4 amide bonds. The van der Waals surface area contributed by atoms with E-state index in [0.717, 1.165) is 25.0 Å². The van der Waals surface area contributed by atoms with Crippen LogP contribution in [0.5, 0.6) is 0 Å². The van der Waals surface area contributed by atoms with Crippen LogP contribution in [0.2, 0.25) is 0 Å². The first-order valence-electron chi connectivity index (χ1n) is 19.9. The van der Waals surface area contributed by atoms with Gasteiger partial charge in [0, 0.05) is 81.0 Å². The van der Waals surface area contributed by atoms with Gasteiger partial charge in [0.1, 0.15) is 0 Å². The first kappa shape index (κ1) is 43.5. The Balaban J connectivity index is 1.34. The van der Waals surface area contributed by atoms with Gasteiger partial charge < -0.3 is 9.80 Å². The van der Waals surface area contributed by atoms with Gasteiger partial charge in [-0.15, -0.1) is 0 Å². The van der Waals surface area contributed by atoms with Crippen LogP contribution in [0.1, 0.15) is 80.0 Å². The van der Waals surface area contributed by atoms with E-state index in [4.69, 9.17) is 0 Å². The van der Waals surface area contributed by atoms with Crippen LogP contribution in [0.15, 0.2) is 36.4 Å². The van der Waals surface area contributed by atoms with E-state index < -0.39 is 95.0 Å². The van der Waals surface area contributed by atoms with E-state index in [0.29, 0.717) is 51.9 Å². The van der Waals surface area contributed by atoms with Crippen LogP contribution in [-0.4, -0.2) is 109 Å². The van der Waals surface area contributed by atoms with E-state index >= 15 is 0 Å². The zero-order valence-corrected chi connectivity index (χ0v) is 32.7. The topological polar surface area (TPSA) is 81.2 Å². The number of imide groups is 2. The van der Waals surface area contributed by atoms with Crippen molar-refractivity contribution in [1.82, 2.24) is 9.80 Å². The van der Waals surface area contributed by atoms with Crippen molar-refractivity contribution in [3.05, 3.63) is 58.7 Å². The Morgan fingerprint density at radius 1 is 0.391 bits per heavy atom. The highest BCUT2D eigenvalue weighted by Crippen LogP contribution is 2.54. The van der Waals surface area contributed by atoms with E-state index in [1.165, 1.54) is 24.3 Å². The van der Waals surface area contributed by atoms with Gasteiger partial charge in [0.05, 0.1) is 24.2 Å². The van der Waals surface area contributed by atoms with Crippen molar-refractivity contribution in [2.45, 2.75) is 74.6 Å². The molecule has 9 rings (SSSR count). The van der Waals surface area contributed by atoms with Crippen molar-refractivity contribution in [3.8, 4) is 0 Å². The van der Waals surface area contributed by atoms with Crippen molar-refractivity contribution in [2.24, 2.45) is 0 Å². The Morgan fingerprint density at radius 3 is 1.02 bits per heavy atom. The van der Waals surface area contributed by atoms with Gasteiger partial charge in [-0.1, -0.05) is 12.1 Å². The van der Waals surface area contributed by atoms with Crippen LogP contribution in [-0.2, 0) is 0 Å². The lowest BCUT2D eigenvalue weighted by molar-refractivity contribution is -0.354. The molecule has 2 saturated heterocycles. The zero-order chi connectivity index (χ0) is 46.4. The van der Waals surface area contributed by atoms with Crippen molar-refractivity contribution in [1.29, 1.82) is 0 Å². The zero-order valence-electron chi connectivity index (χ0n) is 32.7. The second-order valence-electron chi connectivity index (χ2n) is 16.5. The van der Waals surface area contributed by atoms with Crippen LogP contribution >= 0.6 is 0 Å². The summed E-state index contributed by atoms with van der Waals surface area (Å²) in [6.45, 7) is -4.09. The molecule has 0 spiro atoms. The number of carbonyl (C=O) groups is 4. The molecule has 4 heterocycles. The maximum Gasteiger partial charge on any atom is 0.459 e. The van der Waals surface area contributed by atoms with Crippen LogP contribution in [0.25, 0.3) is 43.1 Å². The summed E-state index contributed by atoms with van der Waals surface area (Å²) in [5.41, 5.74) is -1.65. The normalized spacial score (nSPS) is 18.6. The third-order valence-corrected chi connectivity index (χ3v) is 12.7. The molecule has 0 saturated carbocycles. The van der Waals surface area contributed by atoms with Crippen LogP contribution in [0.3, 0.4) is 0 Å². The summed E-state index contributed by atoms with van der Waals surface area (Å²) in [7, 11) is 0. The number of carbonyl (C=O) groups excluding carboxylic acids is 4. The number of rotatable bonds is 8. The summed E-state index contributed by atoms with van der Waals surface area (Å²) in [4.78, 5) is 59.2. The fourth-order valence-corrected chi connectivity index (χ4v) is 9.59. The molecule has 2 fully saturated rings. The molecule has 0 radical (unpaired) electrons. The highest BCUT2D eigenvalue weighted by atomic mass is 19.4. The number of alkyl halides is 14. The number of nitrogens with zero attached hydrogens (tertiary/aromatic N) is 4. The second-order valence-corrected chi connectivity index (χ2v) is 16.5. The smallest absolute Gasteiger partial charge is 0.371 e. The predicted octanol–water partition coefficient (Wildman–Crippen LogP) is 10.6. The standard InChI is InChI=1S/C42H30F14N4O4/c43-37(44,39(47,48)41(51,52)53)17-59-33(61)21-10-8-20-30-26(58-13-5-2-6-14-58)16-24-28-22(34(62)60(36(24)64)18-38(45,46)40(49,50)42(54,55)56)9-7-19(32(28)30)29-25(57-11-3-1-4-12-57)15-23(35(59)63)27(21)31(20)29/h7-10,15-16H,1-6,11-14,17-18H2. The lowest BCUT2D eigenvalue weighted by Gasteiger charge is -2.37.